The molecule has 0 saturated heterocycles. The molecule has 6 heteroatoms. The Morgan fingerprint density at radius 2 is 2.00 bits per heavy atom. The number of benzene rings is 1. The monoisotopic (exact) mass is 393 g/mol. The number of fused-ring (bicyclic) bond motifs is 4. The molecular formula is C23H27N3O3. The van der Waals surface area contributed by atoms with Gasteiger partial charge in [0.2, 0.25) is 5.91 Å². The number of nitrogens with one attached hydrogen (secondary N) is 2. The molecule has 0 radical (unpaired) electrons. The van der Waals surface area contributed by atoms with Gasteiger partial charge in [-0.3, -0.25) is 9.78 Å². The number of rotatable bonds is 1. The molecule has 1 aliphatic rings. The van der Waals surface area contributed by atoms with Crippen LogP contribution >= 0.6 is 0 Å². The first-order valence-corrected chi connectivity index (χ1v) is 9.74. The molecule has 0 saturated carbocycles. The van der Waals surface area contributed by atoms with E-state index >= 15 is 0 Å². The fourth-order valence-electron chi connectivity index (χ4n) is 3.12. The third-order valence-corrected chi connectivity index (χ3v) is 4.56. The van der Waals surface area contributed by atoms with E-state index in [1.54, 1.807) is 12.4 Å². The van der Waals surface area contributed by atoms with Crippen LogP contribution in [-0.2, 0) is 9.53 Å². The summed E-state index contributed by atoms with van der Waals surface area (Å²) in [6.07, 6.45) is 7.29. The lowest BCUT2D eigenvalue weighted by molar-refractivity contribution is -0.118. The summed E-state index contributed by atoms with van der Waals surface area (Å²) in [5, 5.41) is 5.93. The molecule has 6 nitrogen and oxygen atoms in total. The zero-order chi connectivity index (χ0) is 21.0. The maximum absolute atomic E-state index is 12.6. The summed E-state index contributed by atoms with van der Waals surface area (Å²) in [7, 11) is 0. The summed E-state index contributed by atoms with van der Waals surface area (Å²) in [5.74, 6) is -0.392. The minimum absolute atomic E-state index is 0.0879. The number of hydrogen-bond acceptors (Lipinski definition) is 4. The first-order valence-electron chi connectivity index (χ1n) is 9.74. The number of carbonyl (C=O) groups is 2. The molecular weight excluding hydrogens is 366 g/mol. The molecule has 0 spiro atoms. The standard InChI is InChI=1S/C23H27N3O3/c1-15-8-7-11-19(26-22(28)29-23(2,3)4)17-12-16(13-24-14-17)18-9-5-6-10-20(18)25-21(15)27/h5-10,12-15,19H,11H2,1-4H3,(H,25,27)(H,26,28)/b8-7-/t15-,19+/m1/s1. The first kappa shape index (κ1) is 20.6. The van der Waals surface area contributed by atoms with Crippen molar-refractivity contribution < 1.29 is 14.3 Å². The van der Waals surface area contributed by atoms with E-state index in [4.69, 9.17) is 4.74 Å². The third-order valence-electron chi connectivity index (χ3n) is 4.56. The lowest BCUT2D eigenvalue weighted by Gasteiger charge is -2.24. The van der Waals surface area contributed by atoms with Gasteiger partial charge in [-0.25, -0.2) is 4.79 Å². The minimum atomic E-state index is -0.586. The second kappa shape index (κ2) is 8.47. The van der Waals surface area contributed by atoms with Crippen LogP contribution in [0.4, 0.5) is 10.5 Å². The van der Waals surface area contributed by atoms with Crippen LogP contribution < -0.4 is 10.6 Å². The number of nitrogens with zero attached hydrogens (tertiary/aromatic N) is 1. The van der Waals surface area contributed by atoms with Crippen LogP contribution in [0, 0.1) is 5.92 Å². The van der Waals surface area contributed by atoms with Crippen LogP contribution in [0.3, 0.4) is 0 Å². The zero-order valence-electron chi connectivity index (χ0n) is 17.2. The van der Waals surface area contributed by atoms with Crippen molar-refractivity contribution in [3.8, 4) is 11.1 Å². The highest BCUT2D eigenvalue weighted by Gasteiger charge is 2.22. The second-order valence-electron chi connectivity index (χ2n) is 8.19. The summed E-state index contributed by atoms with van der Waals surface area (Å²) in [4.78, 5) is 29.3. The number of pyridine rings is 1. The van der Waals surface area contributed by atoms with E-state index in [0.29, 0.717) is 6.42 Å². The molecule has 29 heavy (non-hydrogen) atoms. The number of amides is 2. The van der Waals surface area contributed by atoms with Gasteiger partial charge in [-0.1, -0.05) is 37.3 Å². The highest BCUT2D eigenvalue weighted by atomic mass is 16.6. The summed E-state index contributed by atoms with van der Waals surface area (Å²) in [5.41, 5.74) is 2.76. The van der Waals surface area contributed by atoms with Gasteiger partial charge in [-0.2, -0.15) is 0 Å². The maximum atomic E-state index is 12.6. The van der Waals surface area contributed by atoms with Crippen molar-refractivity contribution in [1.82, 2.24) is 10.3 Å². The molecule has 2 amide bonds. The van der Waals surface area contributed by atoms with Crippen LogP contribution in [0.15, 0.2) is 54.9 Å². The highest BCUT2D eigenvalue weighted by molar-refractivity contribution is 5.97. The second-order valence-corrected chi connectivity index (χ2v) is 8.19. The number of para-hydroxylation sites is 1. The van der Waals surface area contributed by atoms with E-state index < -0.39 is 11.7 Å². The Bertz CT molecular complexity index is 931. The molecule has 152 valence electrons. The quantitative estimate of drug-likeness (QED) is 0.679. The van der Waals surface area contributed by atoms with Crippen molar-refractivity contribution in [2.24, 2.45) is 5.92 Å². The normalized spacial score (nSPS) is 20.3. The van der Waals surface area contributed by atoms with Gasteiger partial charge >= 0.3 is 6.09 Å². The molecule has 1 aromatic carbocycles. The zero-order valence-corrected chi connectivity index (χ0v) is 17.2. The molecule has 1 aliphatic heterocycles. The van der Waals surface area contributed by atoms with Gasteiger partial charge in [0.1, 0.15) is 5.60 Å². The smallest absolute Gasteiger partial charge is 0.408 e. The maximum Gasteiger partial charge on any atom is 0.408 e. The van der Waals surface area contributed by atoms with Gasteiger partial charge in [0.05, 0.1) is 12.0 Å². The van der Waals surface area contributed by atoms with Crippen molar-refractivity contribution in [1.29, 1.82) is 0 Å². The van der Waals surface area contributed by atoms with Gasteiger partial charge in [0.15, 0.2) is 0 Å². The van der Waals surface area contributed by atoms with E-state index in [9.17, 15) is 9.59 Å². The van der Waals surface area contributed by atoms with Gasteiger partial charge in [-0.05, 0) is 44.9 Å². The summed E-state index contributed by atoms with van der Waals surface area (Å²) in [6.45, 7) is 7.32. The summed E-state index contributed by atoms with van der Waals surface area (Å²) < 4.78 is 5.42. The van der Waals surface area contributed by atoms with Crippen LogP contribution in [0.25, 0.3) is 11.1 Å². The molecule has 1 aromatic heterocycles. The molecule has 2 aromatic rings. The van der Waals surface area contributed by atoms with Gasteiger partial charge in [-0.15, -0.1) is 0 Å². The molecule has 2 N–H and O–H groups in total. The van der Waals surface area contributed by atoms with E-state index in [1.165, 1.54) is 0 Å². The minimum Gasteiger partial charge on any atom is -0.444 e. The fourth-order valence-corrected chi connectivity index (χ4v) is 3.12. The van der Waals surface area contributed by atoms with Crippen LogP contribution in [0.5, 0.6) is 0 Å². The number of ether oxygens (including phenoxy) is 1. The lowest BCUT2D eigenvalue weighted by atomic mass is 9.98. The lowest BCUT2D eigenvalue weighted by Crippen LogP contribution is -2.35. The summed E-state index contributed by atoms with van der Waals surface area (Å²) in [6, 6.07) is 9.28. The van der Waals surface area contributed by atoms with Crippen LogP contribution in [0.1, 0.15) is 45.7 Å². The van der Waals surface area contributed by atoms with Crippen molar-refractivity contribution in [3.05, 3.63) is 60.4 Å². The Morgan fingerprint density at radius 1 is 1.24 bits per heavy atom. The Balaban J connectivity index is 2.01. The average molecular weight is 393 g/mol. The predicted octanol–water partition coefficient (Wildman–Crippen LogP) is 4.85. The van der Waals surface area contributed by atoms with E-state index in [2.05, 4.69) is 15.6 Å². The Labute approximate surface area is 171 Å². The SMILES string of the molecule is C[C@@H]1/C=C\C[C@H](NC(=O)OC(C)(C)C)c2cncc(c2)-c2ccccc2NC1=O. The molecule has 0 fully saturated rings. The Morgan fingerprint density at radius 3 is 2.76 bits per heavy atom. The molecule has 0 unspecified atom stereocenters. The molecule has 2 heterocycles. The largest absolute Gasteiger partial charge is 0.444 e. The number of hydrogen-bond donors (Lipinski definition) is 2. The van der Waals surface area contributed by atoms with Crippen molar-refractivity contribution in [2.75, 3.05) is 5.32 Å². The molecule has 2 atom stereocenters. The summed E-state index contributed by atoms with van der Waals surface area (Å²) >= 11 is 0. The van der Waals surface area contributed by atoms with E-state index in [-0.39, 0.29) is 17.9 Å². The first-order chi connectivity index (χ1) is 13.7. The topological polar surface area (TPSA) is 80.3 Å². The number of alkyl carbamates (subject to hydrolysis) is 1. The van der Waals surface area contributed by atoms with Gasteiger partial charge < -0.3 is 15.4 Å². The van der Waals surface area contributed by atoms with Gasteiger partial charge in [0.25, 0.3) is 0 Å². The average Bonchev–Trinajstić information content (AvgIpc) is 2.65. The van der Waals surface area contributed by atoms with Crippen molar-refractivity contribution in [2.45, 2.75) is 45.8 Å². The van der Waals surface area contributed by atoms with Crippen molar-refractivity contribution >= 4 is 17.7 Å². The number of anilines is 1. The molecule has 3 rings (SSSR count). The van der Waals surface area contributed by atoms with Gasteiger partial charge in [0, 0.05) is 29.2 Å². The Hall–Kier alpha value is -3.15. The van der Waals surface area contributed by atoms with E-state index in [1.807, 2.05) is 70.2 Å². The third kappa shape index (κ3) is 5.44. The molecule has 2 bridgehead atoms. The number of carbonyl (C=O) groups excluding carboxylic acids is 2. The van der Waals surface area contributed by atoms with Crippen molar-refractivity contribution in [3.63, 3.8) is 0 Å². The highest BCUT2D eigenvalue weighted by Crippen LogP contribution is 2.31. The van der Waals surface area contributed by atoms with Crippen LogP contribution in [0.2, 0.25) is 0 Å². The van der Waals surface area contributed by atoms with E-state index in [0.717, 1.165) is 22.4 Å². The Kier molecular flexibility index (Phi) is 6.01. The van der Waals surface area contributed by atoms with Crippen LogP contribution in [-0.4, -0.2) is 22.6 Å². The fraction of sp³-hybridized carbons (Fsp3) is 0.348. The number of aromatic nitrogens is 1. The molecule has 0 aliphatic carbocycles. The predicted molar refractivity (Wildman–Crippen MR) is 113 cm³/mol.